The topological polar surface area (TPSA) is 38.3 Å². The molecular formula is C19H21NO2S. The smallest absolute Gasteiger partial charge is 0.265 e. The van der Waals surface area contributed by atoms with Gasteiger partial charge in [0.15, 0.2) is 0 Å². The lowest BCUT2D eigenvalue weighted by atomic mass is 10.2. The van der Waals surface area contributed by atoms with Crippen LogP contribution in [0.4, 0.5) is 5.69 Å². The van der Waals surface area contributed by atoms with Gasteiger partial charge in [-0.2, -0.15) is 0 Å². The zero-order valence-electron chi connectivity index (χ0n) is 13.1. The van der Waals surface area contributed by atoms with Gasteiger partial charge in [0.1, 0.15) is 5.75 Å². The van der Waals surface area contributed by atoms with Crippen molar-refractivity contribution in [3.8, 4) is 5.75 Å². The zero-order chi connectivity index (χ0) is 15.6. The molecule has 0 aliphatic heterocycles. The molecule has 2 aliphatic rings. The van der Waals surface area contributed by atoms with Crippen LogP contribution in [0.15, 0.2) is 30.3 Å². The van der Waals surface area contributed by atoms with Crippen LogP contribution >= 0.6 is 11.3 Å². The number of nitrogens with one attached hydrogen (secondary N) is 1. The molecule has 1 saturated carbocycles. The van der Waals surface area contributed by atoms with Crippen LogP contribution in [0.25, 0.3) is 0 Å². The molecule has 1 aromatic heterocycles. The number of anilines is 1. The highest BCUT2D eigenvalue weighted by molar-refractivity contribution is 7.14. The fraction of sp³-hybridized carbons (Fsp3) is 0.421. The molecule has 0 spiro atoms. The maximum atomic E-state index is 12.4. The largest absolute Gasteiger partial charge is 0.490 e. The second-order valence-corrected chi connectivity index (χ2v) is 7.56. The molecule has 0 radical (unpaired) electrons. The standard InChI is InChI=1S/C19H21NO2S/c21-19(18-11-13-5-3-10-17(13)23-18)20-14-6-4-9-16(12-14)22-15-7-1-2-8-15/h4,6,9,11-12,15H,1-3,5,7-8,10H2,(H,20,21). The number of carbonyl (C=O) groups is 1. The predicted octanol–water partition coefficient (Wildman–Crippen LogP) is 4.81. The van der Waals surface area contributed by atoms with E-state index in [9.17, 15) is 4.79 Å². The van der Waals surface area contributed by atoms with Crippen molar-refractivity contribution >= 4 is 22.9 Å². The average Bonchev–Trinajstić information content (AvgIpc) is 3.24. The van der Waals surface area contributed by atoms with Crippen LogP contribution < -0.4 is 10.1 Å². The predicted molar refractivity (Wildman–Crippen MR) is 93.6 cm³/mol. The second-order valence-electron chi connectivity index (χ2n) is 6.42. The Kier molecular flexibility index (Phi) is 4.08. The van der Waals surface area contributed by atoms with E-state index in [4.69, 9.17) is 4.74 Å². The number of rotatable bonds is 4. The summed E-state index contributed by atoms with van der Waals surface area (Å²) in [5, 5.41) is 3.00. The van der Waals surface area contributed by atoms with Crippen LogP contribution in [0.1, 0.15) is 52.2 Å². The van der Waals surface area contributed by atoms with Crippen molar-refractivity contribution in [3.05, 3.63) is 45.6 Å². The third kappa shape index (κ3) is 3.27. The Labute approximate surface area is 140 Å². The van der Waals surface area contributed by atoms with Crippen LogP contribution in [0.5, 0.6) is 5.75 Å². The fourth-order valence-corrected chi connectivity index (χ4v) is 4.63. The molecule has 0 atom stereocenters. The first-order valence-electron chi connectivity index (χ1n) is 8.47. The summed E-state index contributed by atoms with van der Waals surface area (Å²) < 4.78 is 6.00. The minimum atomic E-state index is -0.0117. The van der Waals surface area contributed by atoms with E-state index >= 15 is 0 Å². The number of fused-ring (bicyclic) bond motifs is 1. The van der Waals surface area contributed by atoms with E-state index in [1.807, 2.05) is 24.3 Å². The molecule has 1 amide bonds. The molecule has 1 aromatic carbocycles. The molecule has 2 aliphatic carbocycles. The van der Waals surface area contributed by atoms with E-state index in [0.717, 1.165) is 42.0 Å². The quantitative estimate of drug-likeness (QED) is 0.875. The Morgan fingerprint density at radius 2 is 2.00 bits per heavy atom. The molecule has 23 heavy (non-hydrogen) atoms. The summed E-state index contributed by atoms with van der Waals surface area (Å²) in [7, 11) is 0. The number of benzene rings is 1. The van der Waals surface area contributed by atoms with Gasteiger partial charge in [-0.25, -0.2) is 0 Å². The van der Waals surface area contributed by atoms with E-state index in [0.29, 0.717) is 6.10 Å². The van der Waals surface area contributed by atoms with Gasteiger partial charge in [0.25, 0.3) is 5.91 Å². The van der Waals surface area contributed by atoms with Crippen molar-refractivity contribution in [1.82, 2.24) is 0 Å². The Morgan fingerprint density at radius 1 is 1.13 bits per heavy atom. The van der Waals surface area contributed by atoms with E-state index < -0.39 is 0 Å². The number of carbonyl (C=O) groups excluding carboxylic acids is 1. The number of amides is 1. The third-order valence-corrected chi connectivity index (χ3v) is 5.90. The molecule has 1 fully saturated rings. The summed E-state index contributed by atoms with van der Waals surface area (Å²) >= 11 is 1.64. The first-order chi connectivity index (χ1) is 11.3. The highest BCUT2D eigenvalue weighted by Crippen LogP contribution is 2.31. The average molecular weight is 327 g/mol. The maximum absolute atomic E-state index is 12.4. The monoisotopic (exact) mass is 327 g/mol. The van der Waals surface area contributed by atoms with Gasteiger partial charge in [-0.15, -0.1) is 11.3 Å². The number of hydrogen-bond donors (Lipinski definition) is 1. The first-order valence-corrected chi connectivity index (χ1v) is 9.29. The molecule has 4 rings (SSSR count). The summed E-state index contributed by atoms with van der Waals surface area (Å²) in [6.07, 6.45) is 8.58. The summed E-state index contributed by atoms with van der Waals surface area (Å²) in [5.74, 6) is 0.839. The summed E-state index contributed by atoms with van der Waals surface area (Å²) in [5.41, 5.74) is 2.16. The van der Waals surface area contributed by atoms with Gasteiger partial charge in [-0.05, 0) is 68.7 Å². The minimum absolute atomic E-state index is 0.0117. The SMILES string of the molecule is O=C(Nc1cccc(OC2CCCC2)c1)c1cc2c(s1)CCC2. The number of thiophene rings is 1. The van der Waals surface area contributed by atoms with Crippen LogP contribution in [-0.2, 0) is 12.8 Å². The molecule has 0 bridgehead atoms. The molecule has 1 heterocycles. The molecule has 0 saturated heterocycles. The van der Waals surface area contributed by atoms with Crippen molar-refractivity contribution in [3.63, 3.8) is 0 Å². The van der Waals surface area contributed by atoms with Gasteiger partial charge < -0.3 is 10.1 Å². The molecule has 4 heteroatoms. The Balaban J connectivity index is 1.44. The molecule has 0 unspecified atom stereocenters. The Bertz CT molecular complexity index is 694. The van der Waals surface area contributed by atoms with Crippen LogP contribution in [0.2, 0.25) is 0 Å². The zero-order valence-corrected chi connectivity index (χ0v) is 14.0. The van der Waals surface area contributed by atoms with Crippen molar-refractivity contribution < 1.29 is 9.53 Å². The normalized spacial score (nSPS) is 17.2. The first kappa shape index (κ1) is 14.8. The van der Waals surface area contributed by atoms with Gasteiger partial charge in [0, 0.05) is 16.6 Å². The lowest BCUT2D eigenvalue weighted by Gasteiger charge is -2.14. The van der Waals surface area contributed by atoms with Gasteiger partial charge in [0.05, 0.1) is 11.0 Å². The molecule has 2 aromatic rings. The molecule has 3 nitrogen and oxygen atoms in total. The minimum Gasteiger partial charge on any atom is -0.490 e. The van der Waals surface area contributed by atoms with Gasteiger partial charge in [0.2, 0.25) is 0 Å². The van der Waals surface area contributed by atoms with Crippen LogP contribution in [-0.4, -0.2) is 12.0 Å². The van der Waals surface area contributed by atoms with Crippen LogP contribution in [0, 0.1) is 0 Å². The van der Waals surface area contributed by atoms with Crippen molar-refractivity contribution in [1.29, 1.82) is 0 Å². The Hall–Kier alpha value is -1.81. The summed E-state index contributed by atoms with van der Waals surface area (Å²) in [6, 6.07) is 9.81. The van der Waals surface area contributed by atoms with Crippen molar-refractivity contribution in [2.45, 2.75) is 51.0 Å². The summed E-state index contributed by atoms with van der Waals surface area (Å²) in [4.78, 5) is 14.6. The maximum Gasteiger partial charge on any atom is 0.265 e. The fourth-order valence-electron chi connectivity index (χ4n) is 3.48. The van der Waals surface area contributed by atoms with E-state index in [-0.39, 0.29) is 5.91 Å². The molecule has 1 N–H and O–H groups in total. The number of hydrogen-bond acceptors (Lipinski definition) is 3. The third-order valence-electron chi connectivity index (χ3n) is 4.67. The van der Waals surface area contributed by atoms with Crippen molar-refractivity contribution in [2.75, 3.05) is 5.32 Å². The highest BCUT2D eigenvalue weighted by Gasteiger charge is 2.19. The van der Waals surface area contributed by atoms with Gasteiger partial charge in [-0.1, -0.05) is 6.07 Å². The van der Waals surface area contributed by atoms with E-state index in [2.05, 4.69) is 11.4 Å². The van der Waals surface area contributed by atoms with Gasteiger partial charge >= 0.3 is 0 Å². The van der Waals surface area contributed by atoms with Gasteiger partial charge in [-0.3, -0.25) is 4.79 Å². The molecular weight excluding hydrogens is 306 g/mol. The van der Waals surface area contributed by atoms with Crippen LogP contribution in [0.3, 0.4) is 0 Å². The summed E-state index contributed by atoms with van der Waals surface area (Å²) in [6.45, 7) is 0. The number of ether oxygens (including phenoxy) is 1. The lowest BCUT2D eigenvalue weighted by molar-refractivity contribution is 0.103. The van der Waals surface area contributed by atoms with E-state index in [1.165, 1.54) is 29.7 Å². The Morgan fingerprint density at radius 3 is 2.83 bits per heavy atom. The number of aryl methyl sites for hydroxylation is 2. The second kappa shape index (κ2) is 6.36. The highest BCUT2D eigenvalue weighted by atomic mass is 32.1. The van der Waals surface area contributed by atoms with E-state index in [1.54, 1.807) is 11.3 Å². The lowest BCUT2D eigenvalue weighted by Crippen LogP contribution is -2.12. The van der Waals surface area contributed by atoms with Crippen molar-refractivity contribution in [2.24, 2.45) is 0 Å². The molecule has 120 valence electrons.